The van der Waals surface area contributed by atoms with Crippen LogP contribution in [0.3, 0.4) is 0 Å². The van der Waals surface area contributed by atoms with Gasteiger partial charge in [0.2, 0.25) is 11.1 Å². The number of hydrogen-bond acceptors (Lipinski definition) is 6. The van der Waals surface area contributed by atoms with E-state index in [1.54, 1.807) is 4.68 Å². The van der Waals surface area contributed by atoms with Gasteiger partial charge in [-0.3, -0.25) is 4.79 Å². The number of carbonyl (C=O) groups excluding carboxylic acids is 1. The van der Waals surface area contributed by atoms with E-state index in [4.69, 9.17) is 4.74 Å². The first kappa shape index (κ1) is 19.4. The van der Waals surface area contributed by atoms with Gasteiger partial charge < -0.3 is 10.1 Å². The van der Waals surface area contributed by atoms with Gasteiger partial charge >= 0.3 is 0 Å². The standard InChI is InChI=1S/C21H23N5O2S/c1-2-28-18-11-7-6-10-17(18)26-20(23-24-25-26)29-14-19(27)22-15-21(12-13-21)16-8-4-3-5-9-16/h3-11H,2,12-15H2,1H3,(H,22,27). The van der Waals surface area contributed by atoms with E-state index in [9.17, 15) is 4.79 Å². The summed E-state index contributed by atoms with van der Waals surface area (Å²) >= 11 is 1.31. The number of thioether (sulfide) groups is 1. The van der Waals surface area contributed by atoms with Crippen LogP contribution in [0.15, 0.2) is 59.8 Å². The van der Waals surface area contributed by atoms with E-state index in [-0.39, 0.29) is 17.1 Å². The van der Waals surface area contributed by atoms with Gasteiger partial charge in [0.15, 0.2) is 0 Å². The Morgan fingerprint density at radius 3 is 2.69 bits per heavy atom. The highest BCUT2D eigenvalue weighted by atomic mass is 32.2. The number of rotatable bonds is 9. The molecule has 1 amide bonds. The van der Waals surface area contributed by atoms with Gasteiger partial charge in [0.05, 0.1) is 12.4 Å². The maximum absolute atomic E-state index is 12.4. The zero-order chi connectivity index (χ0) is 20.1. The van der Waals surface area contributed by atoms with Gasteiger partial charge in [0.25, 0.3) is 0 Å². The molecule has 3 aromatic rings. The summed E-state index contributed by atoms with van der Waals surface area (Å²) in [6, 6.07) is 18.0. The predicted molar refractivity (Wildman–Crippen MR) is 111 cm³/mol. The van der Waals surface area contributed by atoms with Crippen LogP contribution in [0.25, 0.3) is 5.69 Å². The van der Waals surface area contributed by atoms with Crippen molar-refractivity contribution in [3.05, 3.63) is 60.2 Å². The third-order valence-electron chi connectivity index (χ3n) is 5.03. The molecule has 0 aliphatic heterocycles. The van der Waals surface area contributed by atoms with Crippen molar-refractivity contribution in [3.63, 3.8) is 0 Å². The number of nitrogens with one attached hydrogen (secondary N) is 1. The van der Waals surface area contributed by atoms with Crippen molar-refractivity contribution in [3.8, 4) is 11.4 Å². The number of benzene rings is 2. The summed E-state index contributed by atoms with van der Waals surface area (Å²) in [7, 11) is 0. The Morgan fingerprint density at radius 1 is 1.17 bits per heavy atom. The molecule has 4 rings (SSSR count). The minimum Gasteiger partial charge on any atom is -0.492 e. The van der Waals surface area contributed by atoms with Crippen molar-refractivity contribution in [2.24, 2.45) is 0 Å². The molecule has 0 saturated heterocycles. The second kappa shape index (κ2) is 8.65. The smallest absolute Gasteiger partial charge is 0.230 e. The SMILES string of the molecule is CCOc1ccccc1-n1nnnc1SCC(=O)NCC1(c2ccccc2)CC1. The summed E-state index contributed by atoms with van der Waals surface area (Å²) in [4.78, 5) is 12.4. The lowest BCUT2D eigenvalue weighted by Crippen LogP contribution is -2.33. The van der Waals surface area contributed by atoms with E-state index in [0.29, 0.717) is 24.1 Å². The molecule has 29 heavy (non-hydrogen) atoms. The van der Waals surface area contributed by atoms with E-state index in [2.05, 4.69) is 33.0 Å². The summed E-state index contributed by atoms with van der Waals surface area (Å²) in [6.07, 6.45) is 2.22. The Kier molecular flexibility index (Phi) is 5.80. The Labute approximate surface area is 173 Å². The van der Waals surface area contributed by atoms with Gasteiger partial charge in [0, 0.05) is 12.0 Å². The molecule has 0 unspecified atom stereocenters. The normalized spacial score (nSPS) is 14.4. The number of nitrogens with zero attached hydrogens (tertiary/aromatic N) is 4. The van der Waals surface area contributed by atoms with Crippen LogP contribution in [0.5, 0.6) is 5.75 Å². The Bertz CT molecular complexity index is 972. The lowest BCUT2D eigenvalue weighted by Gasteiger charge is -2.16. The summed E-state index contributed by atoms with van der Waals surface area (Å²) in [5.74, 6) is 0.930. The lowest BCUT2D eigenvalue weighted by atomic mass is 9.96. The topological polar surface area (TPSA) is 81.9 Å². The fourth-order valence-electron chi connectivity index (χ4n) is 3.29. The third kappa shape index (κ3) is 4.42. The van der Waals surface area contributed by atoms with Crippen molar-refractivity contribution in [2.75, 3.05) is 18.9 Å². The fourth-order valence-corrected chi connectivity index (χ4v) is 4.00. The molecule has 7 nitrogen and oxygen atoms in total. The number of hydrogen-bond donors (Lipinski definition) is 1. The number of carbonyl (C=O) groups is 1. The van der Waals surface area contributed by atoms with Crippen molar-refractivity contribution >= 4 is 17.7 Å². The van der Waals surface area contributed by atoms with Crippen molar-refractivity contribution in [1.29, 1.82) is 0 Å². The number of aromatic nitrogens is 4. The minimum atomic E-state index is -0.0233. The second-order valence-corrected chi connectivity index (χ2v) is 7.93. The van der Waals surface area contributed by atoms with Gasteiger partial charge in [-0.15, -0.1) is 5.10 Å². The maximum Gasteiger partial charge on any atom is 0.230 e. The number of para-hydroxylation sites is 2. The van der Waals surface area contributed by atoms with Gasteiger partial charge in [-0.25, -0.2) is 0 Å². The molecule has 1 aromatic heterocycles. The molecule has 1 aliphatic carbocycles. The lowest BCUT2D eigenvalue weighted by molar-refractivity contribution is -0.118. The molecule has 1 N–H and O–H groups in total. The average Bonchev–Trinajstić information content (AvgIpc) is 3.42. The maximum atomic E-state index is 12.4. The molecule has 1 heterocycles. The Balaban J connectivity index is 1.36. The van der Waals surface area contributed by atoms with Crippen molar-refractivity contribution in [2.45, 2.75) is 30.3 Å². The summed E-state index contributed by atoms with van der Waals surface area (Å²) in [6.45, 7) is 3.14. The van der Waals surface area contributed by atoms with E-state index in [1.165, 1.54) is 17.3 Å². The van der Waals surface area contributed by atoms with Crippen LogP contribution < -0.4 is 10.1 Å². The second-order valence-electron chi connectivity index (χ2n) is 6.99. The highest BCUT2D eigenvalue weighted by Crippen LogP contribution is 2.47. The van der Waals surface area contributed by atoms with E-state index in [0.717, 1.165) is 18.5 Å². The first-order valence-electron chi connectivity index (χ1n) is 9.67. The van der Waals surface area contributed by atoms with E-state index >= 15 is 0 Å². The third-order valence-corrected chi connectivity index (χ3v) is 5.95. The summed E-state index contributed by atoms with van der Waals surface area (Å²) < 4.78 is 7.27. The molecule has 0 atom stereocenters. The molecule has 0 bridgehead atoms. The van der Waals surface area contributed by atoms with Crippen LogP contribution in [0.1, 0.15) is 25.3 Å². The van der Waals surface area contributed by atoms with Crippen LogP contribution in [-0.2, 0) is 10.2 Å². The van der Waals surface area contributed by atoms with Gasteiger partial charge in [-0.2, -0.15) is 4.68 Å². The molecule has 1 fully saturated rings. The highest BCUT2D eigenvalue weighted by molar-refractivity contribution is 7.99. The Morgan fingerprint density at radius 2 is 1.93 bits per heavy atom. The zero-order valence-electron chi connectivity index (χ0n) is 16.2. The van der Waals surface area contributed by atoms with Crippen molar-refractivity contribution in [1.82, 2.24) is 25.5 Å². The van der Waals surface area contributed by atoms with Crippen LogP contribution in [-0.4, -0.2) is 45.0 Å². The number of tetrazole rings is 1. The molecular formula is C21H23N5O2S. The Hall–Kier alpha value is -2.87. The van der Waals surface area contributed by atoms with Crippen LogP contribution in [0.2, 0.25) is 0 Å². The minimum absolute atomic E-state index is 0.0233. The highest BCUT2D eigenvalue weighted by Gasteiger charge is 2.44. The van der Waals surface area contributed by atoms with Crippen LogP contribution in [0, 0.1) is 0 Å². The van der Waals surface area contributed by atoms with Gasteiger partial charge in [0.1, 0.15) is 11.4 Å². The molecular weight excluding hydrogens is 386 g/mol. The quantitative estimate of drug-likeness (QED) is 0.547. The van der Waals surface area contributed by atoms with Crippen LogP contribution in [0.4, 0.5) is 0 Å². The molecule has 1 aliphatic rings. The van der Waals surface area contributed by atoms with Crippen LogP contribution >= 0.6 is 11.8 Å². The van der Waals surface area contributed by atoms with E-state index < -0.39 is 0 Å². The molecule has 0 radical (unpaired) electrons. The largest absolute Gasteiger partial charge is 0.492 e. The predicted octanol–water partition coefficient (Wildman–Crippen LogP) is 3.00. The molecule has 0 spiro atoms. The average molecular weight is 410 g/mol. The number of amides is 1. The summed E-state index contributed by atoms with van der Waals surface area (Å²) in [5.41, 5.74) is 2.15. The first-order chi connectivity index (χ1) is 14.2. The summed E-state index contributed by atoms with van der Waals surface area (Å²) in [5, 5.41) is 15.5. The van der Waals surface area contributed by atoms with E-state index in [1.807, 2.05) is 49.4 Å². The molecule has 2 aromatic carbocycles. The molecule has 150 valence electrons. The first-order valence-corrected chi connectivity index (χ1v) is 10.7. The zero-order valence-corrected chi connectivity index (χ0v) is 17.1. The fraction of sp³-hybridized carbons (Fsp3) is 0.333. The number of ether oxygens (including phenoxy) is 1. The van der Waals surface area contributed by atoms with Gasteiger partial charge in [-0.05, 0) is 47.9 Å². The molecule has 1 saturated carbocycles. The van der Waals surface area contributed by atoms with Crippen molar-refractivity contribution < 1.29 is 9.53 Å². The molecule has 8 heteroatoms. The monoisotopic (exact) mass is 409 g/mol. The van der Waals surface area contributed by atoms with Gasteiger partial charge in [-0.1, -0.05) is 54.2 Å².